The van der Waals surface area contributed by atoms with E-state index in [1.807, 2.05) is 48.5 Å². The second kappa shape index (κ2) is 8.67. The number of aryl methyl sites for hydroxylation is 1. The van der Waals surface area contributed by atoms with Crippen molar-refractivity contribution in [2.24, 2.45) is 7.05 Å². The fourth-order valence-electron chi connectivity index (χ4n) is 3.87. The predicted molar refractivity (Wildman–Crippen MR) is 122 cm³/mol. The molecule has 1 aliphatic heterocycles. The lowest BCUT2D eigenvalue weighted by Crippen LogP contribution is -2.33. The minimum absolute atomic E-state index is 0.0351. The van der Waals surface area contributed by atoms with Gasteiger partial charge in [-0.25, -0.2) is 0 Å². The summed E-state index contributed by atoms with van der Waals surface area (Å²) in [6.07, 6.45) is 2.13. The lowest BCUT2D eigenvalue weighted by molar-refractivity contribution is -0.116. The highest BCUT2D eigenvalue weighted by Gasteiger charge is 2.41. The van der Waals surface area contributed by atoms with Gasteiger partial charge in [0, 0.05) is 43.3 Å². The molecule has 2 aromatic heterocycles. The first-order chi connectivity index (χ1) is 14.5. The first-order valence-corrected chi connectivity index (χ1v) is 10.4. The van der Waals surface area contributed by atoms with Crippen LogP contribution < -0.4 is 10.6 Å². The van der Waals surface area contributed by atoms with Crippen molar-refractivity contribution >= 4 is 28.9 Å². The number of thiocarbonyl (C=S) groups is 1. The zero-order valence-electron chi connectivity index (χ0n) is 17.1. The van der Waals surface area contributed by atoms with E-state index in [0.717, 1.165) is 17.1 Å². The number of nitrogens with one attached hydrogen (secondary N) is 2. The van der Waals surface area contributed by atoms with Crippen molar-refractivity contribution in [3.8, 4) is 0 Å². The molecular formula is C23H25N5OS. The van der Waals surface area contributed by atoms with Gasteiger partial charge in [-0.05, 0) is 55.5 Å². The topological polar surface area (TPSA) is 62.2 Å². The molecule has 0 saturated carbocycles. The SMILES string of the molecule is Cc1ccc([C@@H]2[C@H](c3ccccn3)NC(=S)N2CCC(=O)Nc2ccccc2)n1C. The molecule has 2 N–H and O–H groups in total. The summed E-state index contributed by atoms with van der Waals surface area (Å²) in [5.41, 5.74) is 4.04. The van der Waals surface area contributed by atoms with E-state index in [9.17, 15) is 4.79 Å². The van der Waals surface area contributed by atoms with E-state index in [1.54, 1.807) is 6.20 Å². The first-order valence-electron chi connectivity index (χ1n) is 10.00. The Morgan fingerprint density at radius 3 is 2.57 bits per heavy atom. The molecule has 4 rings (SSSR count). The molecule has 0 radical (unpaired) electrons. The summed E-state index contributed by atoms with van der Waals surface area (Å²) < 4.78 is 2.17. The van der Waals surface area contributed by atoms with Crippen LogP contribution in [0.15, 0.2) is 66.9 Å². The molecule has 0 aliphatic carbocycles. The van der Waals surface area contributed by atoms with Gasteiger partial charge in [0.1, 0.15) is 0 Å². The van der Waals surface area contributed by atoms with Crippen LogP contribution in [0.3, 0.4) is 0 Å². The van der Waals surface area contributed by atoms with Crippen LogP contribution in [0.1, 0.15) is 35.6 Å². The van der Waals surface area contributed by atoms with Crippen molar-refractivity contribution in [2.75, 3.05) is 11.9 Å². The highest BCUT2D eigenvalue weighted by molar-refractivity contribution is 7.80. The minimum Gasteiger partial charge on any atom is -0.352 e. The number of hydrogen-bond acceptors (Lipinski definition) is 3. The molecule has 1 aromatic carbocycles. The van der Waals surface area contributed by atoms with E-state index in [0.29, 0.717) is 18.1 Å². The molecule has 1 amide bonds. The number of benzene rings is 1. The van der Waals surface area contributed by atoms with Gasteiger partial charge in [0.25, 0.3) is 0 Å². The van der Waals surface area contributed by atoms with Gasteiger partial charge in [0.15, 0.2) is 5.11 Å². The van der Waals surface area contributed by atoms with Crippen molar-refractivity contribution in [3.05, 3.63) is 83.9 Å². The van der Waals surface area contributed by atoms with E-state index in [2.05, 4.69) is 51.2 Å². The third-order valence-corrected chi connectivity index (χ3v) is 5.90. The Balaban J connectivity index is 1.56. The fourth-order valence-corrected chi connectivity index (χ4v) is 4.20. The summed E-state index contributed by atoms with van der Waals surface area (Å²) in [5.74, 6) is -0.0351. The molecule has 2 atom stereocenters. The van der Waals surface area contributed by atoms with Crippen molar-refractivity contribution in [1.29, 1.82) is 0 Å². The van der Waals surface area contributed by atoms with E-state index >= 15 is 0 Å². The zero-order valence-corrected chi connectivity index (χ0v) is 17.9. The van der Waals surface area contributed by atoms with Gasteiger partial charge in [-0.3, -0.25) is 9.78 Å². The van der Waals surface area contributed by atoms with Crippen molar-refractivity contribution in [1.82, 2.24) is 19.8 Å². The summed E-state index contributed by atoms with van der Waals surface area (Å²) >= 11 is 5.67. The maximum absolute atomic E-state index is 12.5. The molecule has 1 saturated heterocycles. The molecule has 3 heterocycles. The lowest BCUT2D eigenvalue weighted by Gasteiger charge is -2.28. The Hall–Kier alpha value is -3.19. The van der Waals surface area contributed by atoms with E-state index in [1.165, 1.54) is 5.69 Å². The standard InChI is InChI=1S/C23H25N5OS/c1-16-11-12-19(27(16)2)22-21(18-10-6-7-14-24-18)26-23(30)28(22)15-13-20(29)25-17-8-4-3-5-9-17/h3-12,14,21-22H,13,15H2,1-2H3,(H,25,29)(H,26,30)/t21-,22+/m0/s1. The zero-order chi connectivity index (χ0) is 21.1. The number of amides is 1. The second-order valence-electron chi connectivity index (χ2n) is 7.44. The highest BCUT2D eigenvalue weighted by Crippen LogP contribution is 2.38. The minimum atomic E-state index is -0.0797. The van der Waals surface area contributed by atoms with Gasteiger partial charge < -0.3 is 20.1 Å². The van der Waals surface area contributed by atoms with E-state index in [-0.39, 0.29) is 18.0 Å². The monoisotopic (exact) mass is 419 g/mol. The van der Waals surface area contributed by atoms with Gasteiger partial charge in [0.05, 0.1) is 17.8 Å². The van der Waals surface area contributed by atoms with E-state index in [4.69, 9.17) is 12.2 Å². The fraction of sp³-hybridized carbons (Fsp3) is 0.261. The van der Waals surface area contributed by atoms with Crippen LogP contribution in [0.5, 0.6) is 0 Å². The van der Waals surface area contributed by atoms with E-state index < -0.39 is 0 Å². The van der Waals surface area contributed by atoms with Crippen molar-refractivity contribution < 1.29 is 4.79 Å². The molecular weight excluding hydrogens is 394 g/mol. The Bertz CT molecular complexity index is 1030. The number of aromatic nitrogens is 2. The number of nitrogens with zero attached hydrogens (tertiary/aromatic N) is 3. The highest BCUT2D eigenvalue weighted by atomic mass is 32.1. The summed E-state index contributed by atoms with van der Waals surface area (Å²) in [6.45, 7) is 2.60. The number of anilines is 1. The van der Waals surface area contributed by atoms with Crippen LogP contribution in [-0.4, -0.2) is 32.0 Å². The van der Waals surface area contributed by atoms with Gasteiger partial charge in [-0.2, -0.15) is 0 Å². The van der Waals surface area contributed by atoms with Crippen LogP contribution >= 0.6 is 12.2 Å². The molecule has 0 spiro atoms. The number of hydrogen-bond donors (Lipinski definition) is 2. The largest absolute Gasteiger partial charge is 0.352 e. The maximum Gasteiger partial charge on any atom is 0.226 e. The Morgan fingerprint density at radius 2 is 1.90 bits per heavy atom. The third-order valence-electron chi connectivity index (χ3n) is 5.55. The molecule has 0 unspecified atom stereocenters. The van der Waals surface area contributed by atoms with Gasteiger partial charge in [-0.15, -0.1) is 0 Å². The number of carbonyl (C=O) groups is 1. The van der Waals surface area contributed by atoms with Crippen molar-refractivity contribution in [2.45, 2.75) is 25.4 Å². The average Bonchev–Trinajstić information content (AvgIpc) is 3.26. The summed E-state index contributed by atoms with van der Waals surface area (Å²) in [4.78, 5) is 19.2. The number of pyridine rings is 1. The molecule has 154 valence electrons. The molecule has 0 bridgehead atoms. The van der Waals surface area contributed by atoms with Crippen LogP contribution in [0, 0.1) is 6.92 Å². The third kappa shape index (κ3) is 4.07. The molecule has 3 aromatic rings. The average molecular weight is 420 g/mol. The second-order valence-corrected chi connectivity index (χ2v) is 7.83. The molecule has 7 heteroatoms. The summed E-state index contributed by atoms with van der Waals surface area (Å²) in [5, 5.41) is 7.02. The van der Waals surface area contributed by atoms with Gasteiger partial charge in [0.2, 0.25) is 5.91 Å². The van der Waals surface area contributed by atoms with Gasteiger partial charge >= 0.3 is 0 Å². The molecule has 30 heavy (non-hydrogen) atoms. The summed E-state index contributed by atoms with van der Waals surface area (Å²) in [6, 6.07) is 19.5. The lowest BCUT2D eigenvalue weighted by atomic mass is 10.0. The number of para-hydroxylation sites is 1. The van der Waals surface area contributed by atoms with Crippen LogP contribution in [0.2, 0.25) is 0 Å². The number of carbonyl (C=O) groups excluding carboxylic acids is 1. The number of rotatable bonds is 6. The quantitative estimate of drug-likeness (QED) is 0.596. The smallest absolute Gasteiger partial charge is 0.226 e. The van der Waals surface area contributed by atoms with Crippen LogP contribution in [0.25, 0.3) is 0 Å². The molecule has 1 aliphatic rings. The maximum atomic E-state index is 12.5. The van der Waals surface area contributed by atoms with Crippen molar-refractivity contribution in [3.63, 3.8) is 0 Å². The molecule has 6 nitrogen and oxygen atoms in total. The van der Waals surface area contributed by atoms with Crippen LogP contribution in [0.4, 0.5) is 5.69 Å². The Morgan fingerprint density at radius 1 is 1.13 bits per heavy atom. The summed E-state index contributed by atoms with van der Waals surface area (Å²) in [7, 11) is 2.06. The van der Waals surface area contributed by atoms with Gasteiger partial charge in [-0.1, -0.05) is 24.3 Å². The first kappa shape index (κ1) is 20.1. The predicted octanol–water partition coefficient (Wildman–Crippen LogP) is 3.73. The Labute approximate surface area is 181 Å². The van der Waals surface area contributed by atoms with Crippen LogP contribution in [-0.2, 0) is 11.8 Å². The molecule has 1 fully saturated rings. The normalized spacial score (nSPS) is 18.3. The Kier molecular flexibility index (Phi) is 5.81.